The monoisotopic (exact) mass is 519 g/mol. The lowest BCUT2D eigenvalue weighted by Crippen LogP contribution is -2.37. The number of amides is 1. The van der Waals surface area contributed by atoms with Crippen molar-refractivity contribution in [1.29, 1.82) is 0 Å². The average Bonchev–Trinajstić information content (AvgIpc) is 2.84. The van der Waals surface area contributed by atoms with E-state index in [0.717, 1.165) is 39.3 Å². The summed E-state index contributed by atoms with van der Waals surface area (Å²) in [4.78, 5) is 23.0. The maximum absolute atomic E-state index is 13.5. The van der Waals surface area contributed by atoms with Gasteiger partial charge in [0.1, 0.15) is 17.9 Å². The zero-order chi connectivity index (χ0) is 24.8. The van der Waals surface area contributed by atoms with Crippen molar-refractivity contribution in [1.82, 2.24) is 14.9 Å². The molecule has 1 saturated heterocycles. The third-order valence-corrected chi connectivity index (χ3v) is 5.94. The maximum Gasteiger partial charge on any atom is 0.283 e. The normalized spacial score (nSPS) is 14.0. The lowest BCUT2D eigenvalue weighted by molar-refractivity contribution is -0.114. The predicted molar refractivity (Wildman–Crippen MR) is 136 cm³/mol. The molecule has 1 aromatic heterocycles. The molecule has 3 aromatic rings. The van der Waals surface area contributed by atoms with Crippen LogP contribution in [0.5, 0.6) is 5.75 Å². The molecule has 1 aliphatic rings. The number of nitrogens with one attached hydrogen (secondary N) is 2. The fourth-order valence-corrected chi connectivity index (χ4v) is 4.06. The van der Waals surface area contributed by atoms with Gasteiger partial charge in [0, 0.05) is 36.1 Å². The highest BCUT2D eigenvalue weighted by Gasteiger charge is 2.16. The third kappa shape index (κ3) is 6.58. The second kappa shape index (κ2) is 11.6. The van der Waals surface area contributed by atoms with E-state index in [-0.39, 0.29) is 5.69 Å². The zero-order valence-corrected chi connectivity index (χ0v) is 20.3. The largest absolute Gasteiger partial charge is 0.491 e. The summed E-state index contributed by atoms with van der Waals surface area (Å²) in [5, 5.41) is 7.14. The first-order valence-electron chi connectivity index (χ1n) is 11.0. The molecule has 4 rings (SSSR count). The highest BCUT2D eigenvalue weighted by molar-refractivity contribution is 6.36. The van der Waals surface area contributed by atoms with Gasteiger partial charge in [-0.25, -0.2) is 14.4 Å². The SMILES string of the molecule is C=C(F)C(=O)Nc1cc2c(Nc3ccc(Cl)cc3Cl)ncnc2cc1OCCCN1CCOCC1. The van der Waals surface area contributed by atoms with Crippen LogP contribution in [0.25, 0.3) is 10.9 Å². The first kappa shape index (κ1) is 25.1. The van der Waals surface area contributed by atoms with Crippen LogP contribution in [0.2, 0.25) is 10.0 Å². The Morgan fingerprint density at radius 1 is 1.17 bits per heavy atom. The summed E-state index contributed by atoms with van der Waals surface area (Å²) in [5.41, 5.74) is 1.42. The third-order valence-electron chi connectivity index (χ3n) is 5.40. The summed E-state index contributed by atoms with van der Waals surface area (Å²) in [5.74, 6) is -1.27. The number of rotatable bonds is 9. The second-order valence-corrected chi connectivity index (χ2v) is 8.70. The Hall–Kier alpha value is -2.98. The Bertz CT molecular complexity index is 1240. The number of hydrogen-bond acceptors (Lipinski definition) is 7. The summed E-state index contributed by atoms with van der Waals surface area (Å²) in [6, 6.07) is 8.33. The summed E-state index contributed by atoms with van der Waals surface area (Å²) >= 11 is 12.3. The van der Waals surface area contributed by atoms with Crippen molar-refractivity contribution in [3.63, 3.8) is 0 Å². The minimum Gasteiger partial charge on any atom is -0.491 e. The van der Waals surface area contributed by atoms with E-state index in [1.54, 1.807) is 30.3 Å². The van der Waals surface area contributed by atoms with Gasteiger partial charge in [-0.05, 0) is 30.7 Å². The fraction of sp³-hybridized carbons (Fsp3) is 0.292. The number of carbonyl (C=O) groups excluding carboxylic acids is 1. The molecule has 8 nitrogen and oxygen atoms in total. The van der Waals surface area contributed by atoms with Crippen molar-refractivity contribution in [3.8, 4) is 5.75 Å². The van der Waals surface area contributed by atoms with E-state index in [2.05, 4.69) is 32.1 Å². The van der Waals surface area contributed by atoms with Crippen molar-refractivity contribution in [2.45, 2.75) is 6.42 Å². The highest BCUT2D eigenvalue weighted by atomic mass is 35.5. The van der Waals surface area contributed by atoms with Crippen LogP contribution in [0.4, 0.5) is 21.6 Å². The van der Waals surface area contributed by atoms with Crippen LogP contribution in [0, 0.1) is 0 Å². The van der Waals surface area contributed by atoms with Crippen LogP contribution in [-0.2, 0) is 9.53 Å². The van der Waals surface area contributed by atoms with Gasteiger partial charge in [-0.15, -0.1) is 0 Å². The minimum absolute atomic E-state index is 0.271. The molecule has 1 aliphatic heterocycles. The van der Waals surface area contributed by atoms with Crippen molar-refractivity contribution >= 4 is 57.2 Å². The fourth-order valence-electron chi connectivity index (χ4n) is 3.60. The smallest absolute Gasteiger partial charge is 0.283 e. The second-order valence-electron chi connectivity index (χ2n) is 7.85. The van der Waals surface area contributed by atoms with E-state index < -0.39 is 11.7 Å². The Kier molecular flexibility index (Phi) is 8.35. The number of nitrogens with zero attached hydrogens (tertiary/aromatic N) is 3. The number of aromatic nitrogens is 2. The van der Waals surface area contributed by atoms with E-state index in [0.29, 0.717) is 44.8 Å². The molecule has 0 bridgehead atoms. The van der Waals surface area contributed by atoms with Crippen LogP contribution in [0.1, 0.15) is 6.42 Å². The summed E-state index contributed by atoms with van der Waals surface area (Å²) in [6.45, 7) is 7.56. The van der Waals surface area contributed by atoms with Crippen molar-refractivity contribution in [3.05, 3.63) is 59.1 Å². The number of halogens is 3. The van der Waals surface area contributed by atoms with E-state index in [4.69, 9.17) is 32.7 Å². The van der Waals surface area contributed by atoms with Gasteiger partial charge < -0.3 is 20.1 Å². The van der Waals surface area contributed by atoms with Crippen LogP contribution < -0.4 is 15.4 Å². The van der Waals surface area contributed by atoms with E-state index in [1.807, 2.05) is 0 Å². The van der Waals surface area contributed by atoms with E-state index in [1.165, 1.54) is 6.33 Å². The number of ether oxygens (including phenoxy) is 2. The van der Waals surface area contributed by atoms with Gasteiger partial charge in [-0.3, -0.25) is 9.69 Å². The van der Waals surface area contributed by atoms with Gasteiger partial charge in [-0.2, -0.15) is 0 Å². The summed E-state index contributed by atoms with van der Waals surface area (Å²) in [6.07, 6.45) is 2.17. The molecular formula is C24H24Cl2FN5O3. The standard InChI is InChI=1S/C24H24Cl2FN5O3/c1-15(27)24(33)31-21-12-17-20(13-22(21)35-8-2-5-32-6-9-34-10-7-32)28-14-29-23(17)30-19-4-3-16(25)11-18(19)26/h3-4,11-14H,1-2,5-10H2,(H,31,33)(H,28,29,30). The molecule has 11 heteroatoms. The van der Waals surface area contributed by atoms with Crippen LogP contribution >= 0.6 is 23.2 Å². The molecule has 35 heavy (non-hydrogen) atoms. The number of anilines is 3. The van der Waals surface area contributed by atoms with Crippen LogP contribution in [-0.4, -0.2) is 60.2 Å². The molecule has 1 fully saturated rings. The molecule has 0 spiro atoms. The summed E-state index contributed by atoms with van der Waals surface area (Å²) in [7, 11) is 0. The number of benzene rings is 2. The predicted octanol–water partition coefficient (Wildman–Crippen LogP) is 5.20. The lowest BCUT2D eigenvalue weighted by Gasteiger charge is -2.26. The zero-order valence-electron chi connectivity index (χ0n) is 18.8. The van der Waals surface area contributed by atoms with Crippen molar-refractivity contribution in [2.75, 3.05) is 50.1 Å². The number of fused-ring (bicyclic) bond motifs is 1. The number of hydrogen-bond donors (Lipinski definition) is 2. The molecule has 2 aromatic carbocycles. The maximum atomic E-state index is 13.5. The molecular weight excluding hydrogens is 496 g/mol. The number of carbonyl (C=O) groups is 1. The Labute approximate surface area is 212 Å². The molecule has 2 N–H and O–H groups in total. The van der Waals surface area contributed by atoms with Crippen LogP contribution in [0.15, 0.2) is 49.1 Å². The van der Waals surface area contributed by atoms with E-state index in [9.17, 15) is 9.18 Å². The molecule has 0 atom stereocenters. The Balaban J connectivity index is 1.58. The molecule has 0 aliphatic carbocycles. The molecule has 0 radical (unpaired) electrons. The van der Waals surface area contributed by atoms with Gasteiger partial charge in [-0.1, -0.05) is 29.8 Å². The van der Waals surface area contributed by atoms with Crippen LogP contribution in [0.3, 0.4) is 0 Å². The summed E-state index contributed by atoms with van der Waals surface area (Å²) < 4.78 is 24.8. The lowest BCUT2D eigenvalue weighted by atomic mass is 10.1. The quantitative estimate of drug-likeness (QED) is 0.296. The molecule has 0 saturated carbocycles. The van der Waals surface area contributed by atoms with E-state index >= 15 is 0 Å². The average molecular weight is 520 g/mol. The number of morpholine rings is 1. The minimum atomic E-state index is -1.11. The highest BCUT2D eigenvalue weighted by Crippen LogP contribution is 2.35. The van der Waals surface area contributed by atoms with Gasteiger partial charge in [0.15, 0.2) is 5.83 Å². The van der Waals surface area contributed by atoms with Gasteiger partial charge in [0.05, 0.1) is 41.7 Å². The molecule has 184 valence electrons. The first-order chi connectivity index (χ1) is 16.9. The van der Waals surface area contributed by atoms with Crippen molar-refractivity contribution in [2.24, 2.45) is 0 Å². The molecule has 2 heterocycles. The Morgan fingerprint density at radius 2 is 1.97 bits per heavy atom. The molecule has 1 amide bonds. The van der Waals surface area contributed by atoms with Crippen molar-refractivity contribution < 1.29 is 18.7 Å². The molecule has 0 unspecified atom stereocenters. The van der Waals surface area contributed by atoms with Gasteiger partial charge >= 0.3 is 0 Å². The Morgan fingerprint density at radius 3 is 2.71 bits per heavy atom. The van der Waals surface area contributed by atoms with Gasteiger partial charge in [0.25, 0.3) is 5.91 Å². The van der Waals surface area contributed by atoms with Gasteiger partial charge in [0.2, 0.25) is 0 Å². The topological polar surface area (TPSA) is 88.6 Å². The first-order valence-corrected chi connectivity index (χ1v) is 11.8.